The quantitative estimate of drug-likeness (QED) is 0.305. The maximum atomic E-state index is 12.5. The number of allylic oxidation sites excluding steroid dienone is 1. The lowest BCUT2D eigenvalue weighted by molar-refractivity contribution is -0.489. The van der Waals surface area contributed by atoms with E-state index < -0.39 is 5.54 Å². The molecule has 0 aliphatic heterocycles. The Bertz CT molecular complexity index is 452. The Morgan fingerprint density at radius 2 is 2.14 bits per heavy atom. The number of nitrogens with zero attached hydrogens (tertiary/aromatic N) is 1. The molecule has 22 heavy (non-hydrogen) atoms. The second-order valence-electron chi connectivity index (χ2n) is 5.96. The van der Waals surface area contributed by atoms with Crippen molar-refractivity contribution in [2.24, 2.45) is 11.8 Å². The molecule has 1 rings (SSSR count). The third-order valence-corrected chi connectivity index (χ3v) is 4.15. The number of hydrogen-bond acceptors (Lipinski definition) is 4. The SMILES string of the molecule is C=C[C@H]1C[C@@](NC(C)=O)(C(=O)NCCCC)CC1C[N+](=O)[O-]. The number of nitrogens with one attached hydrogen (secondary N) is 2. The predicted molar refractivity (Wildman–Crippen MR) is 82.7 cm³/mol. The Hall–Kier alpha value is -1.92. The molecule has 7 heteroatoms. The summed E-state index contributed by atoms with van der Waals surface area (Å²) in [5.74, 6) is -1.02. The van der Waals surface area contributed by atoms with E-state index >= 15 is 0 Å². The van der Waals surface area contributed by atoms with E-state index in [2.05, 4.69) is 17.2 Å². The Kier molecular flexibility index (Phi) is 6.52. The van der Waals surface area contributed by atoms with Gasteiger partial charge in [0.15, 0.2) is 0 Å². The standard InChI is InChI=1S/C15H25N3O4/c1-4-6-7-16-14(20)15(17-11(3)19)8-12(5-2)13(9-15)10-18(21)22/h5,12-13H,2,4,6-10H2,1,3H3,(H,16,20)(H,17,19)/t12-,13?,15-/m0/s1. The first-order chi connectivity index (χ1) is 10.3. The van der Waals surface area contributed by atoms with E-state index in [1.165, 1.54) is 6.92 Å². The molecule has 1 saturated carbocycles. The molecule has 0 bridgehead atoms. The highest BCUT2D eigenvalue weighted by molar-refractivity contribution is 5.91. The summed E-state index contributed by atoms with van der Waals surface area (Å²) in [4.78, 5) is 34.5. The minimum absolute atomic E-state index is 0.158. The largest absolute Gasteiger partial charge is 0.354 e. The van der Waals surface area contributed by atoms with E-state index in [9.17, 15) is 19.7 Å². The molecular weight excluding hydrogens is 286 g/mol. The molecule has 1 aliphatic rings. The van der Waals surface area contributed by atoms with Crippen LogP contribution >= 0.6 is 0 Å². The Morgan fingerprint density at radius 1 is 1.45 bits per heavy atom. The topological polar surface area (TPSA) is 101 Å². The molecule has 0 heterocycles. The van der Waals surface area contributed by atoms with Crippen molar-refractivity contribution in [3.63, 3.8) is 0 Å². The highest BCUT2D eigenvalue weighted by Gasteiger charge is 2.51. The van der Waals surface area contributed by atoms with Crippen LogP contribution in [-0.4, -0.2) is 35.4 Å². The summed E-state index contributed by atoms with van der Waals surface area (Å²) in [6, 6.07) is 0. The van der Waals surface area contributed by atoms with E-state index in [0.29, 0.717) is 13.0 Å². The number of unbranched alkanes of at least 4 members (excludes halogenated alkanes) is 1. The first-order valence-corrected chi connectivity index (χ1v) is 7.66. The second-order valence-corrected chi connectivity index (χ2v) is 5.96. The van der Waals surface area contributed by atoms with Gasteiger partial charge in [-0.15, -0.1) is 6.58 Å². The van der Waals surface area contributed by atoms with Crippen molar-refractivity contribution >= 4 is 11.8 Å². The first kappa shape index (κ1) is 18.1. The molecule has 0 radical (unpaired) electrons. The zero-order chi connectivity index (χ0) is 16.8. The lowest BCUT2D eigenvalue weighted by Crippen LogP contribution is -2.57. The second kappa shape index (κ2) is 7.91. The number of amides is 2. The van der Waals surface area contributed by atoms with Gasteiger partial charge in [0.05, 0.1) is 0 Å². The lowest BCUT2D eigenvalue weighted by Gasteiger charge is -2.29. The number of carbonyl (C=O) groups is 2. The van der Waals surface area contributed by atoms with Crippen molar-refractivity contribution in [1.82, 2.24) is 10.6 Å². The summed E-state index contributed by atoms with van der Waals surface area (Å²) in [5, 5.41) is 16.4. The highest BCUT2D eigenvalue weighted by atomic mass is 16.6. The summed E-state index contributed by atoms with van der Waals surface area (Å²) in [5.41, 5.74) is -1.07. The van der Waals surface area contributed by atoms with Gasteiger partial charge >= 0.3 is 0 Å². The van der Waals surface area contributed by atoms with Gasteiger partial charge < -0.3 is 10.6 Å². The van der Waals surface area contributed by atoms with Crippen LogP contribution in [0.4, 0.5) is 0 Å². The summed E-state index contributed by atoms with van der Waals surface area (Å²) in [7, 11) is 0. The molecule has 0 saturated heterocycles. The van der Waals surface area contributed by atoms with Gasteiger partial charge in [-0.1, -0.05) is 19.4 Å². The lowest BCUT2D eigenvalue weighted by atomic mass is 9.94. The van der Waals surface area contributed by atoms with Crippen LogP contribution in [0, 0.1) is 22.0 Å². The minimum Gasteiger partial charge on any atom is -0.354 e. The zero-order valence-corrected chi connectivity index (χ0v) is 13.3. The molecule has 124 valence electrons. The molecule has 1 fully saturated rings. The smallest absolute Gasteiger partial charge is 0.245 e. The van der Waals surface area contributed by atoms with E-state index in [1.807, 2.05) is 6.92 Å². The fourth-order valence-electron chi connectivity index (χ4n) is 3.15. The van der Waals surface area contributed by atoms with Crippen LogP contribution in [0.2, 0.25) is 0 Å². The van der Waals surface area contributed by atoms with Crippen molar-refractivity contribution in [1.29, 1.82) is 0 Å². The van der Waals surface area contributed by atoms with Crippen LogP contribution in [0.15, 0.2) is 12.7 Å². The highest BCUT2D eigenvalue weighted by Crippen LogP contribution is 2.40. The maximum absolute atomic E-state index is 12.5. The third kappa shape index (κ3) is 4.54. The molecule has 0 aromatic heterocycles. The van der Waals surface area contributed by atoms with Crippen LogP contribution in [-0.2, 0) is 9.59 Å². The van der Waals surface area contributed by atoms with Crippen LogP contribution in [0.3, 0.4) is 0 Å². The van der Waals surface area contributed by atoms with Crippen molar-refractivity contribution in [3.05, 3.63) is 22.8 Å². The molecule has 2 N–H and O–H groups in total. The molecule has 7 nitrogen and oxygen atoms in total. The molecule has 0 aromatic rings. The van der Waals surface area contributed by atoms with Gasteiger partial charge in [-0.05, 0) is 25.2 Å². The summed E-state index contributed by atoms with van der Waals surface area (Å²) < 4.78 is 0. The molecule has 1 aliphatic carbocycles. The van der Waals surface area contributed by atoms with Crippen LogP contribution in [0.5, 0.6) is 0 Å². The van der Waals surface area contributed by atoms with Crippen LogP contribution < -0.4 is 10.6 Å². The van der Waals surface area contributed by atoms with Crippen molar-refractivity contribution < 1.29 is 14.5 Å². The fourth-order valence-corrected chi connectivity index (χ4v) is 3.15. The summed E-state index contributed by atoms with van der Waals surface area (Å²) in [6.45, 7) is 7.40. The minimum atomic E-state index is -1.07. The van der Waals surface area contributed by atoms with Crippen molar-refractivity contribution in [2.45, 2.75) is 45.1 Å². The normalized spacial score (nSPS) is 27.2. The molecule has 0 aromatic carbocycles. The molecule has 0 spiro atoms. The molecule has 3 atom stereocenters. The maximum Gasteiger partial charge on any atom is 0.245 e. The van der Waals surface area contributed by atoms with Crippen molar-refractivity contribution in [3.8, 4) is 0 Å². The van der Waals surface area contributed by atoms with E-state index in [1.54, 1.807) is 6.08 Å². The Labute approximate surface area is 130 Å². The average molecular weight is 311 g/mol. The molecule has 2 amide bonds. The zero-order valence-electron chi connectivity index (χ0n) is 13.3. The predicted octanol–water partition coefficient (Wildman–Crippen LogP) is 1.27. The van der Waals surface area contributed by atoms with Gasteiger partial charge in [0.2, 0.25) is 18.4 Å². The number of rotatable bonds is 8. The Balaban J connectivity index is 2.92. The summed E-state index contributed by atoms with van der Waals surface area (Å²) in [6.07, 6.45) is 4.07. The van der Waals surface area contributed by atoms with Crippen LogP contribution in [0.1, 0.15) is 39.5 Å². The first-order valence-electron chi connectivity index (χ1n) is 7.66. The molecular formula is C15H25N3O4. The van der Waals surface area contributed by atoms with Gasteiger partial charge in [-0.3, -0.25) is 19.7 Å². The van der Waals surface area contributed by atoms with Gasteiger partial charge in [0, 0.05) is 24.3 Å². The van der Waals surface area contributed by atoms with Crippen LogP contribution in [0.25, 0.3) is 0 Å². The average Bonchev–Trinajstić information content (AvgIpc) is 2.76. The van der Waals surface area contributed by atoms with E-state index in [4.69, 9.17) is 0 Å². The van der Waals surface area contributed by atoms with Gasteiger partial charge in [-0.2, -0.15) is 0 Å². The van der Waals surface area contributed by atoms with E-state index in [0.717, 1.165) is 12.8 Å². The summed E-state index contributed by atoms with van der Waals surface area (Å²) >= 11 is 0. The monoisotopic (exact) mass is 311 g/mol. The number of nitro groups is 1. The number of hydrogen-bond donors (Lipinski definition) is 2. The molecule has 1 unspecified atom stereocenters. The Morgan fingerprint density at radius 3 is 2.64 bits per heavy atom. The fraction of sp³-hybridized carbons (Fsp3) is 0.733. The van der Waals surface area contributed by atoms with Gasteiger partial charge in [0.25, 0.3) is 0 Å². The van der Waals surface area contributed by atoms with Gasteiger partial charge in [0.1, 0.15) is 5.54 Å². The number of carbonyl (C=O) groups excluding carboxylic acids is 2. The van der Waals surface area contributed by atoms with E-state index in [-0.39, 0.29) is 41.5 Å². The third-order valence-electron chi connectivity index (χ3n) is 4.15. The van der Waals surface area contributed by atoms with Gasteiger partial charge in [-0.25, -0.2) is 0 Å². The van der Waals surface area contributed by atoms with Crippen molar-refractivity contribution in [2.75, 3.05) is 13.1 Å².